The van der Waals surface area contributed by atoms with E-state index in [1.807, 2.05) is 10.6 Å². The number of hydrogen-bond acceptors (Lipinski definition) is 6. The maximum absolute atomic E-state index is 8.97. The summed E-state index contributed by atoms with van der Waals surface area (Å²) in [6, 6.07) is 7.39. The van der Waals surface area contributed by atoms with Crippen LogP contribution in [0.3, 0.4) is 0 Å². The van der Waals surface area contributed by atoms with Gasteiger partial charge in [0.2, 0.25) is 0 Å². The second-order valence-electron chi connectivity index (χ2n) is 6.30. The van der Waals surface area contributed by atoms with E-state index in [9.17, 15) is 0 Å². The Bertz CT molecular complexity index is 711. The number of benzene rings is 1. The molecule has 7 nitrogen and oxygen atoms in total. The first kappa shape index (κ1) is 17.2. The standard InChI is InChI=1S/C18H23N5O2/c1-24-18-9-15(10-19)4-5-17(18)25-12-16-3-2-6-22(11-16)7-8-23-13-20-21-14-23/h4-5,9,13-14,16H,2-3,6-8,11-12H2,1H3. The highest BCUT2D eigenvalue weighted by Gasteiger charge is 2.21. The maximum Gasteiger partial charge on any atom is 0.162 e. The van der Waals surface area contributed by atoms with Crippen molar-refractivity contribution in [3.05, 3.63) is 36.4 Å². The quantitative estimate of drug-likeness (QED) is 0.766. The van der Waals surface area contributed by atoms with E-state index in [1.165, 1.54) is 12.8 Å². The first-order chi connectivity index (χ1) is 12.3. The molecular weight excluding hydrogens is 318 g/mol. The molecule has 0 saturated carbocycles. The van der Waals surface area contributed by atoms with Gasteiger partial charge in [-0.2, -0.15) is 5.26 Å². The van der Waals surface area contributed by atoms with Crippen LogP contribution in [0.4, 0.5) is 0 Å². The zero-order valence-corrected chi connectivity index (χ0v) is 14.5. The van der Waals surface area contributed by atoms with Crippen LogP contribution in [0.1, 0.15) is 18.4 Å². The summed E-state index contributed by atoms with van der Waals surface area (Å²) in [5.74, 6) is 1.80. The lowest BCUT2D eigenvalue weighted by Gasteiger charge is -2.32. The number of aromatic nitrogens is 3. The number of methoxy groups -OCH3 is 1. The van der Waals surface area contributed by atoms with Gasteiger partial charge >= 0.3 is 0 Å². The molecule has 1 saturated heterocycles. The number of hydrogen-bond donors (Lipinski definition) is 0. The molecule has 3 rings (SSSR count). The molecule has 1 unspecified atom stereocenters. The largest absolute Gasteiger partial charge is 0.493 e. The topological polar surface area (TPSA) is 76.2 Å². The van der Waals surface area contributed by atoms with E-state index in [4.69, 9.17) is 14.7 Å². The van der Waals surface area contributed by atoms with Crippen molar-refractivity contribution in [3.8, 4) is 17.6 Å². The van der Waals surface area contributed by atoms with Crippen molar-refractivity contribution >= 4 is 0 Å². The summed E-state index contributed by atoms with van der Waals surface area (Å²) < 4.78 is 13.3. The van der Waals surface area contributed by atoms with E-state index in [0.29, 0.717) is 29.6 Å². The highest BCUT2D eigenvalue weighted by molar-refractivity contribution is 5.46. The number of rotatable bonds is 7. The minimum absolute atomic E-state index is 0.495. The zero-order chi connectivity index (χ0) is 17.5. The van der Waals surface area contributed by atoms with E-state index < -0.39 is 0 Å². The third-order valence-electron chi connectivity index (χ3n) is 4.51. The fourth-order valence-electron chi connectivity index (χ4n) is 3.15. The van der Waals surface area contributed by atoms with Gasteiger partial charge in [-0.3, -0.25) is 0 Å². The Morgan fingerprint density at radius 3 is 2.84 bits per heavy atom. The predicted octanol–water partition coefficient (Wildman–Crippen LogP) is 1.95. The molecule has 1 aliphatic rings. The fraction of sp³-hybridized carbons (Fsp3) is 0.500. The number of piperidine rings is 1. The van der Waals surface area contributed by atoms with Gasteiger partial charge in [-0.15, -0.1) is 10.2 Å². The van der Waals surface area contributed by atoms with Crippen LogP contribution in [0, 0.1) is 17.2 Å². The van der Waals surface area contributed by atoms with Crippen LogP contribution in [0.15, 0.2) is 30.9 Å². The maximum atomic E-state index is 8.97. The Labute approximate surface area is 147 Å². The number of nitriles is 1. The molecule has 1 atom stereocenters. The SMILES string of the molecule is COc1cc(C#N)ccc1OCC1CCCN(CCn2cnnc2)C1. The molecule has 7 heteroatoms. The smallest absolute Gasteiger partial charge is 0.162 e. The average molecular weight is 341 g/mol. The number of likely N-dealkylation sites (tertiary alicyclic amines) is 1. The lowest BCUT2D eigenvalue weighted by atomic mass is 9.99. The summed E-state index contributed by atoms with van der Waals surface area (Å²) in [4.78, 5) is 2.47. The van der Waals surface area contributed by atoms with Crippen molar-refractivity contribution < 1.29 is 9.47 Å². The van der Waals surface area contributed by atoms with Crippen LogP contribution < -0.4 is 9.47 Å². The Kier molecular flexibility index (Phi) is 5.86. The molecule has 0 bridgehead atoms. The van der Waals surface area contributed by atoms with Gasteiger partial charge in [0.05, 0.1) is 25.3 Å². The Balaban J connectivity index is 1.50. The average Bonchev–Trinajstić information content (AvgIpc) is 3.18. The van der Waals surface area contributed by atoms with Gasteiger partial charge in [-0.05, 0) is 31.5 Å². The minimum Gasteiger partial charge on any atom is -0.493 e. The van der Waals surface area contributed by atoms with E-state index in [2.05, 4.69) is 21.2 Å². The highest BCUT2D eigenvalue weighted by atomic mass is 16.5. The van der Waals surface area contributed by atoms with Crippen molar-refractivity contribution in [2.24, 2.45) is 5.92 Å². The molecule has 1 fully saturated rings. The molecule has 1 aromatic carbocycles. The Morgan fingerprint density at radius 2 is 2.08 bits per heavy atom. The summed E-state index contributed by atoms with van der Waals surface area (Å²) in [6.07, 6.45) is 5.85. The van der Waals surface area contributed by atoms with E-state index in [0.717, 1.165) is 26.2 Å². The Hall–Kier alpha value is -2.59. The van der Waals surface area contributed by atoms with E-state index >= 15 is 0 Å². The van der Waals surface area contributed by atoms with Gasteiger partial charge in [0.1, 0.15) is 12.7 Å². The third kappa shape index (κ3) is 4.70. The van der Waals surface area contributed by atoms with Crippen LogP contribution in [0.2, 0.25) is 0 Å². The fourth-order valence-corrected chi connectivity index (χ4v) is 3.15. The van der Waals surface area contributed by atoms with Crippen molar-refractivity contribution in [3.63, 3.8) is 0 Å². The highest BCUT2D eigenvalue weighted by Crippen LogP contribution is 2.29. The van der Waals surface area contributed by atoms with Crippen molar-refractivity contribution in [1.82, 2.24) is 19.7 Å². The van der Waals surface area contributed by atoms with Crippen LogP contribution in [0.5, 0.6) is 11.5 Å². The summed E-state index contributed by atoms with van der Waals surface area (Å²) in [5.41, 5.74) is 0.571. The molecule has 25 heavy (non-hydrogen) atoms. The predicted molar refractivity (Wildman–Crippen MR) is 92.4 cm³/mol. The monoisotopic (exact) mass is 341 g/mol. The van der Waals surface area contributed by atoms with Crippen molar-refractivity contribution in [2.75, 3.05) is 33.4 Å². The molecular formula is C18H23N5O2. The third-order valence-corrected chi connectivity index (χ3v) is 4.51. The van der Waals surface area contributed by atoms with E-state index in [-0.39, 0.29) is 0 Å². The van der Waals surface area contributed by atoms with Crippen LogP contribution >= 0.6 is 0 Å². The van der Waals surface area contributed by atoms with Gasteiger partial charge < -0.3 is 18.9 Å². The van der Waals surface area contributed by atoms with E-state index in [1.54, 1.807) is 31.9 Å². The zero-order valence-electron chi connectivity index (χ0n) is 14.5. The van der Waals surface area contributed by atoms with Crippen LogP contribution in [-0.2, 0) is 6.54 Å². The van der Waals surface area contributed by atoms with Gasteiger partial charge in [0, 0.05) is 31.6 Å². The molecule has 0 spiro atoms. The van der Waals surface area contributed by atoms with Gasteiger partial charge in [-0.25, -0.2) is 0 Å². The summed E-state index contributed by atoms with van der Waals surface area (Å²) in [6.45, 7) is 4.71. The number of nitrogens with zero attached hydrogens (tertiary/aromatic N) is 5. The van der Waals surface area contributed by atoms with Gasteiger partial charge in [0.15, 0.2) is 11.5 Å². The molecule has 0 N–H and O–H groups in total. The Morgan fingerprint density at radius 1 is 1.24 bits per heavy atom. The summed E-state index contributed by atoms with van der Waals surface area (Å²) in [7, 11) is 1.59. The lowest BCUT2D eigenvalue weighted by Crippen LogP contribution is -2.39. The molecule has 0 amide bonds. The van der Waals surface area contributed by atoms with Crippen molar-refractivity contribution in [1.29, 1.82) is 5.26 Å². The minimum atomic E-state index is 0.495. The molecule has 1 aromatic heterocycles. The van der Waals surface area contributed by atoms with Crippen molar-refractivity contribution in [2.45, 2.75) is 19.4 Å². The second kappa shape index (κ2) is 8.49. The first-order valence-corrected chi connectivity index (χ1v) is 8.54. The lowest BCUT2D eigenvalue weighted by molar-refractivity contribution is 0.125. The molecule has 2 heterocycles. The molecule has 132 valence electrons. The molecule has 0 aliphatic carbocycles. The summed E-state index contributed by atoms with van der Waals surface area (Å²) in [5, 5.41) is 16.6. The van der Waals surface area contributed by atoms with Gasteiger partial charge in [0.25, 0.3) is 0 Å². The number of ether oxygens (including phenoxy) is 2. The molecule has 0 radical (unpaired) electrons. The summed E-state index contributed by atoms with van der Waals surface area (Å²) >= 11 is 0. The van der Waals surface area contributed by atoms with Crippen LogP contribution in [0.25, 0.3) is 0 Å². The molecule has 2 aromatic rings. The van der Waals surface area contributed by atoms with Gasteiger partial charge in [-0.1, -0.05) is 0 Å². The second-order valence-corrected chi connectivity index (χ2v) is 6.30. The normalized spacial score (nSPS) is 17.8. The van der Waals surface area contributed by atoms with Crippen LogP contribution in [-0.4, -0.2) is 53.0 Å². The molecule has 1 aliphatic heterocycles. The first-order valence-electron chi connectivity index (χ1n) is 8.54.